The topological polar surface area (TPSA) is 117 Å². The fourth-order valence-electron chi connectivity index (χ4n) is 2.21. The van der Waals surface area contributed by atoms with Crippen LogP contribution < -0.4 is 10.1 Å². The zero-order chi connectivity index (χ0) is 18.7. The Morgan fingerprint density at radius 1 is 1.38 bits per heavy atom. The molecule has 3 aromatic rings. The fourth-order valence-corrected chi connectivity index (χ4v) is 2.54. The minimum atomic E-state index is -0.591. The van der Waals surface area contributed by atoms with E-state index in [0.717, 1.165) is 4.47 Å². The summed E-state index contributed by atoms with van der Waals surface area (Å²) in [6.07, 6.45) is 5.02. The fraction of sp³-hybridized carbons (Fsp3) is 0.133. The van der Waals surface area contributed by atoms with Crippen LogP contribution in [0.4, 0.5) is 11.4 Å². The number of rotatable bonds is 6. The van der Waals surface area contributed by atoms with Gasteiger partial charge in [-0.2, -0.15) is 10.2 Å². The number of hydrogen-bond acceptors (Lipinski definition) is 6. The predicted molar refractivity (Wildman–Crippen MR) is 95.2 cm³/mol. The van der Waals surface area contributed by atoms with Gasteiger partial charge in [0.15, 0.2) is 5.69 Å². The van der Waals surface area contributed by atoms with Gasteiger partial charge in [0.05, 0.1) is 28.8 Å². The molecule has 0 aliphatic heterocycles. The molecule has 0 fully saturated rings. The lowest BCUT2D eigenvalue weighted by atomic mass is 10.2. The van der Waals surface area contributed by atoms with E-state index in [4.69, 9.17) is 4.74 Å². The zero-order valence-corrected chi connectivity index (χ0v) is 15.1. The number of anilines is 1. The summed E-state index contributed by atoms with van der Waals surface area (Å²) in [5, 5.41) is 21.9. The monoisotopic (exact) mass is 420 g/mol. The lowest BCUT2D eigenvalue weighted by Crippen LogP contribution is -2.15. The molecule has 0 bridgehead atoms. The van der Waals surface area contributed by atoms with Crippen molar-refractivity contribution in [1.82, 2.24) is 19.6 Å². The molecule has 0 aliphatic rings. The second kappa shape index (κ2) is 7.35. The number of nitrogens with zero attached hydrogens (tertiary/aromatic N) is 5. The maximum Gasteiger partial charge on any atom is 0.296 e. The maximum atomic E-state index is 12.3. The number of halogens is 1. The molecule has 3 rings (SSSR count). The minimum absolute atomic E-state index is 0.0614. The SMILES string of the molecule is COc1ccc(NC(=O)c2ccn(Cn3cc(Br)cn3)n2)c([N+](=O)[O-])c1. The highest BCUT2D eigenvalue weighted by Gasteiger charge is 2.19. The van der Waals surface area contributed by atoms with Crippen molar-refractivity contribution in [1.29, 1.82) is 0 Å². The first-order valence-corrected chi connectivity index (χ1v) is 8.11. The number of methoxy groups -OCH3 is 1. The molecule has 0 saturated carbocycles. The van der Waals surface area contributed by atoms with Gasteiger partial charge in [-0.1, -0.05) is 0 Å². The highest BCUT2D eigenvalue weighted by Crippen LogP contribution is 2.29. The molecular formula is C15H13BrN6O4. The molecule has 1 aromatic carbocycles. The van der Waals surface area contributed by atoms with Crippen molar-refractivity contribution in [3.63, 3.8) is 0 Å². The second-order valence-corrected chi connectivity index (χ2v) is 6.09. The Bertz CT molecular complexity index is 967. The summed E-state index contributed by atoms with van der Waals surface area (Å²) in [5.74, 6) is -0.233. The van der Waals surface area contributed by atoms with E-state index in [1.807, 2.05) is 0 Å². The van der Waals surface area contributed by atoms with E-state index in [-0.39, 0.29) is 17.1 Å². The molecule has 0 atom stereocenters. The van der Waals surface area contributed by atoms with Crippen LogP contribution in [0.2, 0.25) is 0 Å². The van der Waals surface area contributed by atoms with Gasteiger partial charge < -0.3 is 10.1 Å². The molecule has 0 unspecified atom stereocenters. The van der Waals surface area contributed by atoms with Crippen LogP contribution in [0.3, 0.4) is 0 Å². The lowest BCUT2D eigenvalue weighted by molar-refractivity contribution is -0.384. The van der Waals surface area contributed by atoms with Crippen LogP contribution in [-0.4, -0.2) is 37.5 Å². The second-order valence-electron chi connectivity index (χ2n) is 5.17. The van der Waals surface area contributed by atoms with Gasteiger partial charge in [0.25, 0.3) is 11.6 Å². The van der Waals surface area contributed by atoms with E-state index in [9.17, 15) is 14.9 Å². The largest absolute Gasteiger partial charge is 0.496 e. The van der Waals surface area contributed by atoms with Gasteiger partial charge in [-0.3, -0.25) is 19.6 Å². The highest BCUT2D eigenvalue weighted by molar-refractivity contribution is 9.10. The molecular weight excluding hydrogens is 408 g/mol. The Morgan fingerprint density at radius 2 is 2.19 bits per heavy atom. The molecule has 2 aromatic heterocycles. The quantitative estimate of drug-likeness (QED) is 0.483. The molecule has 0 aliphatic carbocycles. The van der Waals surface area contributed by atoms with E-state index in [0.29, 0.717) is 12.4 Å². The van der Waals surface area contributed by atoms with Crippen LogP contribution in [0.5, 0.6) is 5.75 Å². The van der Waals surface area contributed by atoms with E-state index in [1.54, 1.807) is 23.3 Å². The molecule has 0 spiro atoms. The molecule has 0 saturated heterocycles. The molecule has 11 heteroatoms. The molecule has 1 amide bonds. The van der Waals surface area contributed by atoms with Gasteiger partial charge in [0.2, 0.25) is 0 Å². The Kier molecular flexibility index (Phi) is 4.98. The van der Waals surface area contributed by atoms with Crippen molar-refractivity contribution >= 4 is 33.2 Å². The first-order chi connectivity index (χ1) is 12.5. The lowest BCUT2D eigenvalue weighted by Gasteiger charge is -2.06. The van der Waals surface area contributed by atoms with Crippen LogP contribution in [-0.2, 0) is 6.67 Å². The van der Waals surface area contributed by atoms with Crippen LogP contribution in [0.15, 0.2) is 47.3 Å². The van der Waals surface area contributed by atoms with Crippen molar-refractivity contribution in [3.05, 3.63) is 63.1 Å². The van der Waals surface area contributed by atoms with Crippen molar-refractivity contribution in [3.8, 4) is 5.75 Å². The zero-order valence-electron chi connectivity index (χ0n) is 13.5. The number of carbonyl (C=O) groups is 1. The number of hydrogen-bond donors (Lipinski definition) is 1. The third kappa shape index (κ3) is 3.88. The first-order valence-electron chi connectivity index (χ1n) is 7.31. The number of nitro benzene ring substituents is 1. The van der Waals surface area contributed by atoms with E-state index in [1.165, 1.54) is 36.1 Å². The molecule has 10 nitrogen and oxygen atoms in total. The summed E-state index contributed by atoms with van der Waals surface area (Å²) in [4.78, 5) is 22.9. The molecule has 0 radical (unpaired) electrons. The van der Waals surface area contributed by atoms with Gasteiger partial charge in [-0.15, -0.1) is 0 Å². The predicted octanol–water partition coefficient (Wildman–Crippen LogP) is 2.52. The third-order valence-electron chi connectivity index (χ3n) is 3.41. The smallest absolute Gasteiger partial charge is 0.296 e. The Hall–Kier alpha value is -3.21. The number of aromatic nitrogens is 4. The maximum absolute atomic E-state index is 12.3. The molecule has 134 valence electrons. The van der Waals surface area contributed by atoms with E-state index < -0.39 is 10.8 Å². The number of carbonyl (C=O) groups excluding carboxylic acids is 1. The summed E-state index contributed by atoms with van der Waals surface area (Å²) < 4.78 is 8.95. The molecule has 26 heavy (non-hydrogen) atoms. The van der Waals surface area contributed by atoms with E-state index in [2.05, 4.69) is 31.4 Å². The standard InChI is InChI=1S/C15H13BrN6O4/c1-26-11-2-3-12(14(6-11)22(24)25)18-15(23)13-4-5-20(19-13)9-21-8-10(16)7-17-21/h2-8H,9H2,1H3,(H,18,23). The average Bonchev–Trinajstić information content (AvgIpc) is 3.24. The highest BCUT2D eigenvalue weighted by atomic mass is 79.9. The van der Waals surface area contributed by atoms with Crippen molar-refractivity contribution in [2.24, 2.45) is 0 Å². The molecule has 1 N–H and O–H groups in total. The summed E-state index contributed by atoms with van der Waals surface area (Å²) in [6.45, 7) is 0.321. The third-order valence-corrected chi connectivity index (χ3v) is 3.82. The summed E-state index contributed by atoms with van der Waals surface area (Å²) in [5.41, 5.74) is -0.0776. The molecule has 2 heterocycles. The van der Waals surface area contributed by atoms with Crippen molar-refractivity contribution in [2.45, 2.75) is 6.67 Å². The van der Waals surface area contributed by atoms with Crippen LogP contribution in [0.1, 0.15) is 10.5 Å². The summed E-state index contributed by atoms with van der Waals surface area (Å²) >= 11 is 3.30. The summed E-state index contributed by atoms with van der Waals surface area (Å²) in [7, 11) is 1.40. The normalized spacial score (nSPS) is 10.5. The number of amides is 1. The average molecular weight is 421 g/mol. The van der Waals surface area contributed by atoms with Crippen LogP contribution >= 0.6 is 15.9 Å². The summed E-state index contributed by atoms with van der Waals surface area (Å²) in [6, 6.07) is 5.69. The van der Waals surface area contributed by atoms with Crippen molar-refractivity contribution < 1.29 is 14.5 Å². The first kappa shape index (κ1) is 17.6. The van der Waals surface area contributed by atoms with Gasteiger partial charge in [0, 0.05) is 12.4 Å². The van der Waals surface area contributed by atoms with Gasteiger partial charge in [0.1, 0.15) is 18.1 Å². The number of nitrogens with one attached hydrogen (secondary N) is 1. The van der Waals surface area contributed by atoms with Crippen LogP contribution in [0, 0.1) is 10.1 Å². The number of benzene rings is 1. The Labute approximate surface area is 155 Å². The Balaban J connectivity index is 1.75. The minimum Gasteiger partial charge on any atom is -0.496 e. The van der Waals surface area contributed by atoms with Gasteiger partial charge in [-0.05, 0) is 34.1 Å². The van der Waals surface area contributed by atoms with Gasteiger partial charge in [-0.25, -0.2) is 4.68 Å². The number of ether oxygens (including phenoxy) is 1. The van der Waals surface area contributed by atoms with Crippen LogP contribution in [0.25, 0.3) is 0 Å². The Morgan fingerprint density at radius 3 is 2.85 bits per heavy atom. The van der Waals surface area contributed by atoms with E-state index >= 15 is 0 Å². The number of nitro groups is 1. The van der Waals surface area contributed by atoms with Crippen molar-refractivity contribution in [2.75, 3.05) is 12.4 Å². The van der Waals surface area contributed by atoms with Gasteiger partial charge >= 0.3 is 0 Å².